The normalized spacial score (nSPS) is 13.0. The number of hydrogen-bond acceptors (Lipinski definition) is 4. The van der Waals surface area contributed by atoms with E-state index in [1.807, 2.05) is 0 Å². The maximum atomic E-state index is 8.30. The maximum Gasteiger partial charge on any atom is 0.139 e. The first kappa shape index (κ1) is 14.5. The Morgan fingerprint density at radius 3 is 1.31 bits per heavy atom. The molecule has 0 bridgehead atoms. The summed E-state index contributed by atoms with van der Waals surface area (Å²) >= 11 is 0. The first-order valence-corrected chi connectivity index (χ1v) is 5.63. The van der Waals surface area contributed by atoms with E-state index in [2.05, 4.69) is 10.3 Å². The lowest BCUT2D eigenvalue weighted by atomic mass is 10.1. The largest absolute Gasteiger partial charge is 0.409 e. The van der Waals surface area contributed by atoms with Crippen molar-refractivity contribution in [3.63, 3.8) is 0 Å². The zero-order chi connectivity index (χ0) is 12.2. The van der Waals surface area contributed by atoms with Crippen molar-refractivity contribution in [2.75, 3.05) is 0 Å². The van der Waals surface area contributed by atoms with E-state index in [9.17, 15) is 0 Å². The van der Waals surface area contributed by atoms with Crippen LogP contribution in [0.3, 0.4) is 0 Å². The van der Waals surface area contributed by atoms with Crippen molar-refractivity contribution in [1.29, 1.82) is 0 Å². The lowest BCUT2D eigenvalue weighted by Gasteiger charge is -2.01. The fraction of sp³-hybridized carbons (Fsp3) is 0.800. The van der Waals surface area contributed by atoms with Crippen LogP contribution >= 0.6 is 0 Å². The average molecular weight is 230 g/mol. The first-order chi connectivity index (χ1) is 7.70. The zero-order valence-electron chi connectivity index (χ0n) is 9.60. The summed E-state index contributed by atoms with van der Waals surface area (Å²) in [5, 5.41) is 22.4. The van der Waals surface area contributed by atoms with Crippen molar-refractivity contribution < 1.29 is 10.4 Å². The van der Waals surface area contributed by atoms with E-state index in [4.69, 9.17) is 21.9 Å². The Balaban J connectivity index is 3.16. The molecule has 0 heterocycles. The van der Waals surface area contributed by atoms with Gasteiger partial charge in [0.15, 0.2) is 0 Å². The summed E-state index contributed by atoms with van der Waals surface area (Å²) in [6.45, 7) is 0. The molecule has 0 rings (SSSR count). The predicted molar refractivity (Wildman–Crippen MR) is 63.8 cm³/mol. The molecule has 16 heavy (non-hydrogen) atoms. The Bertz CT molecular complexity index is 205. The molecule has 0 aliphatic rings. The number of oxime groups is 2. The highest BCUT2D eigenvalue weighted by atomic mass is 16.4. The van der Waals surface area contributed by atoms with Gasteiger partial charge in [-0.3, -0.25) is 0 Å². The highest BCUT2D eigenvalue weighted by Crippen LogP contribution is 2.08. The van der Waals surface area contributed by atoms with Gasteiger partial charge in [0.25, 0.3) is 0 Å². The monoisotopic (exact) mass is 230 g/mol. The van der Waals surface area contributed by atoms with Crippen LogP contribution in [0, 0.1) is 0 Å². The standard InChI is InChI=1S/C10H22N4O2/c11-9(13-15)7-5-3-1-2-4-6-8-10(12)14-16/h15-16H,1-8H2,(H2,11,13)(H2,12,14). The molecule has 0 aromatic heterocycles. The minimum atomic E-state index is 0.298. The third-order valence-corrected chi connectivity index (χ3v) is 2.37. The van der Waals surface area contributed by atoms with Gasteiger partial charge in [-0.15, -0.1) is 0 Å². The molecule has 0 aliphatic carbocycles. The Labute approximate surface area is 96.0 Å². The second-order valence-corrected chi connectivity index (χ2v) is 3.80. The molecule has 0 atom stereocenters. The van der Waals surface area contributed by atoms with E-state index in [-0.39, 0.29) is 0 Å². The molecule has 0 amide bonds. The molecule has 0 aromatic carbocycles. The van der Waals surface area contributed by atoms with Gasteiger partial charge in [-0.1, -0.05) is 36.0 Å². The predicted octanol–water partition coefficient (Wildman–Crippen LogP) is 1.60. The Morgan fingerprint density at radius 2 is 1.00 bits per heavy atom. The average Bonchev–Trinajstić information content (AvgIpc) is 2.31. The van der Waals surface area contributed by atoms with Crippen molar-refractivity contribution in [2.24, 2.45) is 21.8 Å². The fourth-order valence-electron chi connectivity index (χ4n) is 1.42. The van der Waals surface area contributed by atoms with Crippen LogP contribution in [0.4, 0.5) is 0 Å². The van der Waals surface area contributed by atoms with Crippen LogP contribution in [-0.4, -0.2) is 22.1 Å². The van der Waals surface area contributed by atoms with Crippen LogP contribution in [0.15, 0.2) is 10.3 Å². The minimum Gasteiger partial charge on any atom is -0.409 e. The molecule has 6 N–H and O–H groups in total. The highest BCUT2D eigenvalue weighted by molar-refractivity contribution is 5.79. The van der Waals surface area contributed by atoms with Crippen molar-refractivity contribution in [1.82, 2.24) is 0 Å². The summed E-state index contributed by atoms with van der Waals surface area (Å²) in [6, 6.07) is 0. The maximum absolute atomic E-state index is 8.30. The van der Waals surface area contributed by atoms with Crippen LogP contribution in [0.5, 0.6) is 0 Å². The van der Waals surface area contributed by atoms with Crippen molar-refractivity contribution in [2.45, 2.75) is 51.4 Å². The van der Waals surface area contributed by atoms with E-state index in [1.165, 1.54) is 0 Å². The second-order valence-electron chi connectivity index (χ2n) is 3.80. The van der Waals surface area contributed by atoms with Crippen LogP contribution in [-0.2, 0) is 0 Å². The molecule has 0 aromatic rings. The SMILES string of the molecule is NC(CCCCCCCC/C(N)=N/O)=NO. The number of unbranched alkanes of at least 4 members (excludes halogenated alkanes) is 5. The van der Waals surface area contributed by atoms with Gasteiger partial charge in [-0.2, -0.15) is 0 Å². The topological polar surface area (TPSA) is 117 Å². The summed E-state index contributed by atoms with van der Waals surface area (Å²) in [7, 11) is 0. The van der Waals surface area contributed by atoms with Crippen molar-refractivity contribution >= 4 is 11.7 Å². The van der Waals surface area contributed by atoms with Crippen LogP contribution in [0.25, 0.3) is 0 Å². The van der Waals surface area contributed by atoms with Gasteiger partial charge >= 0.3 is 0 Å². The van der Waals surface area contributed by atoms with E-state index in [0.717, 1.165) is 38.5 Å². The molecule has 0 aliphatic heterocycles. The molecule has 0 unspecified atom stereocenters. The van der Waals surface area contributed by atoms with E-state index in [1.54, 1.807) is 0 Å². The van der Waals surface area contributed by atoms with E-state index < -0.39 is 0 Å². The molecule has 0 spiro atoms. The first-order valence-electron chi connectivity index (χ1n) is 5.63. The fourth-order valence-corrected chi connectivity index (χ4v) is 1.42. The molecule has 0 fully saturated rings. The molecule has 6 heteroatoms. The number of hydrogen-bond donors (Lipinski definition) is 4. The zero-order valence-corrected chi connectivity index (χ0v) is 9.60. The molecule has 0 radical (unpaired) electrons. The smallest absolute Gasteiger partial charge is 0.139 e. The van der Waals surface area contributed by atoms with Gasteiger partial charge in [-0.25, -0.2) is 0 Å². The van der Waals surface area contributed by atoms with Gasteiger partial charge in [0, 0.05) is 12.8 Å². The van der Waals surface area contributed by atoms with Gasteiger partial charge in [0.1, 0.15) is 11.7 Å². The number of nitrogens with zero attached hydrogens (tertiary/aromatic N) is 2. The summed E-state index contributed by atoms with van der Waals surface area (Å²) in [5.74, 6) is 0.596. The van der Waals surface area contributed by atoms with Crippen LogP contribution in [0.2, 0.25) is 0 Å². The third-order valence-electron chi connectivity index (χ3n) is 2.37. The number of amidine groups is 2. The lowest BCUT2D eigenvalue weighted by Crippen LogP contribution is -2.11. The van der Waals surface area contributed by atoms with Gasteiger partial charge in [-0.05, 0) is 12.8 Å². The molecular weight excluding hydrogens is 208 g/mol. The second kappa shape index (κ2) is 10.1. The molecule has 94 valence electrons. The van der Waals surface area contributed by atoms with E-state index in [0.29, 0.717) is 24.5 Å². The highest BCUT2D eigenvalue weighted by Gasteiger charge is 1.96. The summed E-state index contributed by atoms with van der Waals surface area (Å²) < 4.78 is 0. The quantitative estimate of drug-likeness (QED) is 0.158. The summed E-state index contributed by atoms with van der Waals surface area (Å²) in [6.07, 6.45) is 7.65. The third kappa shape index (κ3) is 9.11. The molecular formula is C10H22N4O2. The van der Waals surface area contributed by atoms with Gasteiger partial charge in [0.2, 0.25) is 0 Å². The van der Waals surface area contributed by atoms with Crippen LogP contribution in [0.1, 0.15) is 51.4 Å². The summed E-state index contributed by atoms with van der Waals surface area (Å²) in [4.78, 5) is 0. The van der Waals surface area contributed by atoms with E-state index >= 15 is 0 Å². The van der Waals surface area contributed by atoms with Gasteiger partial charge in [0.05, 0.1) is 0 Å². The Hall–Kier alpha value is -1.46. The molecule has 0 saturated carbocycles. The minimum absolute atomic E-state index is 0.298. The Morgan fingerprint density at radius 1 is 0.688 bits per heavy atom. The Kier molecular flexibility index (Phi) is 9.15. The number of rotatable bonds is 9. The molecule has 0 saturated heterocycles. The van der Waals surface area contributed by atoms with Crippen molar-refractivity contribution in [3.8, 4) is 0 Å². The van der Waals surface area contributed by atoms with Crippen molar-refractivity contribution in [3.05, 3.63) is 0 Å². The number of nitrogens with two attached hydrogens (primary N) is 2. The molecule has 6 nitrogen and oxygen atoms in total. The lowest BCUT2D eigenvalue weighted by molar-refractivity contribution is 0.316. The summed E-state index contributed by atoms with van der Waals surface area (Å²) in [5.41, 5.74) is 10.7. The van der Waals surface area contributed by atoms with Crippen LogP contribution < -0.4 is 11.5 Å². The van der Waals surface area contributed by atoms with Gasteiger partial charge < -0.3 is 21.9 Å².